The van der Waals surface area contributed by atoms with E-state index in [2.05, 4.69) is 25.7 Å². The number of benzene rings is 1. The number of aromatic nitrogens is 1. The lowest BCUT2D eigenvalue weighted by Gasteiger charge is -2.30. The number of ether oxygens (including phenoxy) is 3. The SMILES string of the molecule is COc1ccc2c(O[C@@H]3C[C@H]4C(=O)N[C@]5(C(=O)NS(=O)(=O)C6CC6)C[C@H]5/C=C\CCCNC[C@H](NC(=O)OC(C)(C)C)C(=O)N4C3)nccc2c1. The van der Waals surface area contributed by atoms with Gasteiger partial charge in [0.25, 0.3) is 5.91 Å². The Morgan fingerprint density at radius 2 is 1.92 bits per heavy atom. The molecule has 0 spiro atoms. The van der Waals surface area contributed by atoms with E-state index in [1.165, 1.54) is 4.90 Å². The molecule has 2 aliphatic heterocycles. The normalized spacial score (nSPS) is 27.9. The van der Waals surface area contributed by atoms with Gasteiger partial charge in [-0.15, -0.1) is 0 Å². The van der Waals surface area contributed by atoms with Gasteiger partial charge in [-0.05, 0) is 89.1 Å². The number of carbonyl (C=O) groups is 4. The first-order valence-electron chi connectivity index (χ1n) is 17.3. The lowest BCUT2D eigenvalue weighted by molar-refractivity contribution is -0.141. The molecule has 0 bridgehead atoms. The molecule has 1 aromatic heterocycles. The summed E-state index contributed by atoms with van der Waals surface area (Å²) in [5.74, 6) is -1.47. The first-order valence-corrected chi connectivity index (χ1v) is 18.9. The largest absolute Gasteiger partial charge is 0.497 e. The van der Waals surface area contributed by atoms with Crippen LogP contribution in [0.25, 0.3) is 10.8 Å². The molecule has 4 aliphatic rings. The van der Waals surface area contributed by atoms with Crippen molar-refractivity contribution in [2.75, 3.05) is 26.7 Å². The van der Waals surface area contributed by atoms with Crippen LogP contribution in [0.1, 0.15) is 59.3 Å². The summed E-state index contributed by atoms with van der Waals surface area (Å²) in [7, 11) is -2.32. The van der Waals surface area contributed by atoms with Gasteiger partial charge >= 0.3 is 6.09 Å². The van der Waals surface area contributed by atoms with E-state index >= 15 is 0 Å². The van der Waals surface area contributed by atoms with Gasteiger partial charge in [-0.1, -0.05) is 12.2 Å². The van der Waals surface area contributed by atoms with Crippen LogP contribution in [0.4, 0.5) is 4.79 Å². The number of hydrogen-bond donors (Lipinski definition) is 4. The fraction of sp³-hybridized carbons (Fsp3) is 0.571. The molecule has 15 nitrogen and oxygen atoms in total. The van der Waals surface area contributed by atoms with Crippen LogP contribution in [0.2, 0.25) is 0 Å². The molecule has 1 saturated heterocycles. The van der Waals surface area contributed by atoms with Crippen molar-refractivity contribution < 1.29 is 41.8 Å². The Hall–Kier alpha value is -4.44. The molecule has 2 aliphatic carbocycles. The average molecular weight is 727 g/mol. The number of rotatable bonds is 7. The van der Waals surface area contributed by atoms with Crippen molar-refractivity contribution in [2.45, 2.75) is 93.9 Å². The lowest BCUT2D eigenvalue weighted by Crippen LogP contribution is -2.59. The molecule has 276 valence electrons. The molecule has 5 atom stereocenters. The fourth-order valence-electron chi connectivity index (χ4n) is 6.55. The Morgan fingerprint density at radius 3 is 2.65 bits per heavy atom. The topological polar surface area (TPSA) is 194 Å². The van der Waals surface area contributed by atoms with E-state index in [1.54, 1.807) is 40.1 Å². The maximum Gasteiger partial charge on any atom is 0.408 e. The molecule has 1 aromatic carbocycles. The molecular weight excluding hydrogens is 680 g/mol. The van der Waals surface area contributed by atoms with Crippen LogP contribution in [0.15, 0.2) is 42.6 Å². The Kier molecular flexibility index (Phi) is 10.2. The summed E-state index contributed by atoms with van der Waals surface area (Å²) in [6.45, 7) is 5.69. The minimum atomic E-state index is -3.89. The molecular formula is C35H46N6O9S. The van der Waals surface area contributed by atoms with Crippen LogP contribution in [-0.2, 0) is 29.1 Å². The maximum absolute atomic E-state index is 14.3. The van der Waals surface area contributed by atoms with Crippen LogP contribution < -0.4 is 30.1 Å². The van der Waals surface area contributed by atoms with Crippen molar-refractivity contribution >= 4 is 44.6 Å². The average Bonchev–Trinajstić information content (AvgIpc) is 3.99. The third-order valence-electron chi connectivity index (χ3n) is 9.46. The summed E-state index contributed by atoms with van der Waals surface area (Å²) in [5, 5.41) is 9.64. The van der Waals surface area contributed by atoms with E-state index in [4.69, 9.17) is 14.2 Å². The highest BCUT2D eigenvalue weighted by Gasteiger charge is 2.62. The summed E-state index contributed by atoms with van der Waals surface area (Å²) < 4.78 is 44.9. The molecule has 2 saturated carbocycles. The van der Waals surface area contributed by atoms with Crippen molar-refractivity contribution in [1.82, 2.24) is 30.6 Å². The monoisotopic (exact) mass is 726 g/mol. The molecule has 6 rings (SSSR count). The predicted molar refractivity (Wildman–Crippen MR) is 186 cm³/mol. The Labute approximate surface area is 297 Å². The van der Waals surface area contributed by atoms with Crippen molar-refractivity contribution in [3.05, 3.63) is 42.6 Å². The number of pyridine rings is 1. The zero-order valence-corrected chi connectivity index (χ0v) is 30.1. The quantitative estimate of drug-likeness (QED) is 0.305. The zero-order valence-electron chi connectivity index (χ0n) is 29.3. The number of sulfonamides is 1. The second-order valence-corrected chi connectivity index (χ2v) is 16.6. The van der Waals surface area contributed by atoms with Crippen molar-refractivity contribution in [3.8, 4) is 11.6 Å². The van der Waals surface area contributed by atoms with Gasteiger partial charge in [0.15, 0.2) is 0 Å². The molecule has 4 N–H and O–H groups in total. The summed E-state index contributed by atoms with van der Waals surface area (Å²) in [6, 6.07) is 5.02. The second-order valence-electron chi connectivity index (χ2n) is 14.6. The fourth-order valence-corrected chi connectivity index (χ4v) is 7.91. The third kappa shape index (κ3) is 8.38. The number of alkyl carbamates (subject to hydrolysis) is 1. The van der Waals surface area contributed by atoms with E-state index < -0.39 is 74.3 Å². The summed E-state index contributed by atoms with van der Waals surface area (Å²) in [6.07, 6.45) is 6.34. The van der Waals surface area contributed by atoms with Gasteiger partial charge in [-0.2, -0.15) is 0 Å². The highest BCUT2D eigenvalue weighted by atomic mass is 32.2. The van der Waals surface area contributed by atoms with Gasteiger partial charge in [0.1, 0.15) is 35.1 Å². The van der Waals surface area contributed by atoms with Crippen LogP contribution in [-0.4, -0.2) is 103 Å². The molecule has 0 radical (unpaired) electrons. The smallest absolute Gasteiger partial charge is 0.408 e. The number of methoxy groups -OCH3 is 1. The Bertz CT molecular complexity index is 1830. The minimum absolute atomic E-state index is 0.0315. The lowest BCUT2D eigenvalue weighted by atomic mass is 10.1. The third-order valence-corrected chi connectivity index (χ3v) is 11.3. The van der Waals surface area contributed by atoms with Gasteiger partial charge in [0.05, 0.1) is 18.9 Å². The van der Waals surface area contributed by atoms with Gasteiger partial charge in [-0.3, -0.25) is 19.1 Å². The summed E-state index contributed by atoms with van der Waals surface area (Å²) >= 11 is 0. The summed E-state index contributed by atoms with van der Waals surface area (Å²) in [5.41, 5.74) is -2.33. The number of carbonyl (C=O) groups excluding carboxylic acids is 4. The van der Waals surface area contributed by atoms with Gasteiger partial charge < -0.3 is 35.1 Å². The van der Waals surface area contributed by atoms with Gasteiger partial charge in [0, 0.05) is 30.5 Å². The second kappa shape index (κ2) is 14.3. The van der Waals surface area contributed by atoms with Crippen LogP contribution in [0, 0.1) is 5.92 Å². The van der Waals surface area contributed by atoms with Crippen molar-refractivity contribution in [3.63, 3.8) is 0 Å². The zero-order chi connectivity index (χ0) is 36.6. The first-order chi connectivity index (χ1) is 24.2. The van der Waals surface area contributed by atoms with Crippen LogP contribution >= 0.6 is 0 Å². The van der Waals surface area contributed by atoms with E-state index in [-0.39, 0.29) is 25.9 Å². The van der Waals surface area contributed by atoms with Gasteiger partial charge in [-0.25, -0.2) is 18.2 Å². The number of nitrogens with one attached hydrogen (secondary N) is 4. The van der Waals surface area contributed by atoms with Gasteiger partial charge in [0.2, 0.25) is 27.7 Å². The predicted octanol–water partition coefficient (Wildman–Crippen LogP) is 1.91. The summed E-state index contributed by atoms with van der Waals surface area (Å²) in [4.78, 5) is 60.9. The van der Waals surface area contributed by atoms with E-state index in [0.29, 0.717) is 49.2 Å². The maximum atomic E-state index is 14.3. The minimum Gasteiger partial charge on any atom is -0.497 e. The van der Waals surface area contributed by atoms with Crippen LogP contribution in [0.3, 0.4) is 0 Å². The molecule has 3 fully saturated rings. The molecule has 51 heavy (non-hydrogen) atoms. The van der Waals surface area contributed by atoms with Crippen molar-refractivity contribution in [1.29, 1.82) is 0 Å². The Balaban J connectivity index is 1.30. The molecule has 2 aromatic rings. The highest BCUT2D eigenvalue weighted by molar-refractivity contribution is 7.91. The Morgan fingerprint density at radius 1 is 1.14 bits per heavy atom. The molecule has 4 amide bonds. The number of amides is 4. The number of nitrogens with zero attached hydrogens (tertiary/aromatic N) is 2. The van der Waals surface area contributed by atoms with E-state index in [1.807, 2.05) is 30.4 Å². The highest BCUT2D eigenvalue weighted by Crippen LogP contribution is 2.46. The molecule has 16 heteroatoms. The van der Waals surface area contributed by atoms with Crippen molar-refractivity contribution in [2.24, 2.45) is 5.92 Å². The number of allylic oxidation sites excluding steroid dienone is 1. The standard InChI is InChI=1S/C35H46N6O9S/c1-34(2,3)50-33(45)38-27-19-36-14-7-5-6-8-22-18-35(22,32(44)40-51(46,47)25-10-11-25)39-29(42)28-17-24(20-41(28)31(27)43)49-30-26-12-9-23(48-4)16-21(26)13-15-37-30/h6,8-9,12-13,15-16,22,24-25,27-28,36H,5,7,10-11,14,17-20H2,1-4H3,(H,38,45)(H,39,42)(H,40,44)/b8-6-/t22-,24-,27+,28+,35-/m1/s1. The first kappa shape index (κ1) is 36.4. The van der Waals surface area contributed by atoms with E-state index in [0.717, 1.165) is 5.39 Å². The number of hydrogen-bond acceptors (Lipinski definition) is 11. The van der Waals surface area contributed by atoms with E-state index in [9.17, 15) is 27.6 Å². The van der Waals surface area contributed by atoms with Crippen LogP contribution in [0.5, 0.6) is 11.6 Å². The molecule has 0 unspecified atom stereocenters. The number of fused-ring (bicyclic) bond motifs is 3. The molecule has 3 heterocycles.